The van der Waals surface area contributed by atoms with E-state index in [0.717, 1.165) is 26.4 Å². The molecule has 0 saturated carbocycles. The van der Waals surface area contributed by atoms with Crippen molar-refractivity contribution in [1.82, 2.24) is 15.2 Å². The maximum atomic E-state index is 13.1. The molecule has 3 heterocycles. The van der Waals surface area contributed by atoms with Crippen molar-refractivity contribution >= 4 is 49.5 Å². The van der Waals surface area contributed by atoms with Crippen LogP contribution in [0.25, 0.3) is 15.8 Å². The quantitative estimate of drug-likeness (QED) is 0.514. The Hall–Kier alpha value is -3.10. The highest BCUT2D eigenvalue weighted by Crippen LogP contribution is 2.47. The van der Waals surface area contributed by atoms with Gasteiger partial charge in [-0.1, -0.05) is 53.3 Å². The van der Waals surface area contributed by atoms with Crippen LogP contribution in [-0.4, -0.2) is 26.2 Å². The predicted octanol–water partition coefficient (Wildman–Crippen LogP) is 4.82. The number of hydrogen-bond acceptors (Lipinski definition) is 7. The van der Waals surface area contributed by atoms with E-state index in [0.29, 0.717) is 15.7 Å². The minimum absolute atomic E-state index is 0.289. The van der Waals surface area contributed by atoms with Gasteiger partial charge >= 0.3 is 0 Å². The fraction of sp³-hybridized carbons (Fsp3) is 0.143. The molecule has 0 aliphatic carbocycles. The summed E-state index contributed by atoms with van der Waals surface area (Å²) in [4.78, 5) is 19.3. The molecule has 144 valence electrons. The summed E-state index contributed by atoms with van der Waals surface area (Å²) in [6.45, 7) is 3.85. The summed E-state index contributed by atoms with van der Waals surface area (Å²) in [6.07, 6.45) is 0. The highest BCUT2D eigenvalue weighted by atomic mass is 32.1. The van der Waals surface area contributed by atoms with Crippen molar-refractivity contribution in [3.8, 4) is 0 Å². The van der Waals surface area contributed by atoms with Crippen LogP contribution in [-0.2, 0) is 4.79 Å². The van der Waals surface area contributed by atoms with E-state index in [9.17, 15) is 9.90 Å². The van der Waals surface area contributed by atoms with Crippen LogP contribution in [0, 0.1) is 13.8 Å². The first kappa shape index (κ1) is 18.0. The molecule has 0 fully saturated rings. The Labute approximate surface area is 174 Å². The number of para-hydroxylation sites is 1. The average molecular weight is 421 g/mol. The topological polar surface area (TPSA) is 79.2 Å². The van der Waals surface area contributed by atoms with Crippen molar-refractivity contribution in [2.24, 2.45) is 0 Å². The molecular weight excluding hydrogens is 404 g/mol. The third-order valence-corrected chi connectivity index (χ3v) is 6.75. The second kappa shape index (κ2) is 6.75. The number of anilines is 1. The molecule has 1 aliphatic heterocycles. The van der Waals surface area contributed by atoms with Gasteiger partial charge in [-0.05, 0) is 31.5 Å². The lowest BCUT2D eigenvalue weighted by Crippen LogP contribution is -2.30. The number of aromatic nitrogens is 3. The van der Waals surface area contributed by atoms with Gasteiger partial charge in [0.05, 0.1) is 21.8 Å². The number of thiazole rings is 1. The van der Waals surface area contributed by atoms with Crippen molar-refractivity contribution in [3.63, 3.8) is 0 Å². The van der Waals surface area contributed by atoms with E-state index in [1.54, 1.807) is 0 Å². The Kier molecular flexibility index (Phi) is 4.18. The van der Waals surface area contributed by atoms with Crippen LogP contribution < -0.4 is 4.90 Å². The molecule has 6 nitrogen and oxygen atoms in total. The number of aryl methyl sites for hydroxylation is 2. The normalized spacial score (nSPS) is 17.0. The molecule has 8 heteroatoms. The minimum atomic E-state index is -0.518. The zero-order valence-corrected chi connectivity index (χ0v) is 17.3. The van der Waals surface area contributed by atoms with Gasteiger partial charge in [0.15, 0.2) is 5.76 Å². The van der Waals surface area contributed by atoms with Crippen LogP contribution in [0.5, 0.6) is 0 Å². The highest BCUT2D eigenvalue weighted by Gasteiger charge is 2.44. The number of benzene rings is 2. The Morgan fingerprint density at radius 2 is 1.76 bits per heavy atom. The van der Waals surface area contributed by atoms with Crippen LogP contribution in [0.1, 0.15) is 27.2 Å². The first-order valence-electron chi connectivity index (χ1n) is 9.02. The average Bonchev–Trinajstić information content (AvgIpc) is 3.39. The molecule has 4 aromatic rings. The van der Waals surface area contributed by atoms with Gasteiger partial charge in [0.2, 0.25) is 5.13 Å². The first-order chi connectivity index (χ1) is 14.0. The molecule has 1 amide bonds. The number of carbonyl (C=O) groups is 1. The largest absolute Gasteiger partial charge is 0.503 e. The molecule has 1 atom stereocenters. The molecule has 0 saturated heterocycles. The van der Waals surface area contributed by atoms with Crippen LogP contribution in [0.15, 0.2) is 54.3 Å². The summed E-state index contributed by atoms with van der Waals surface area (Å²) < 4.78 is 1.00. The third-order valence-electron chi connectivity index (χ3n) is 4.85. The molecule has 5 rings (SSSR count). The fourth-order valence-electron chi connectivity index (χ4n) is 3.46. The summed E-state index contributed by atoms with van der Waals surface area (Å²) in [7, 11) is 0. The van der Waals surface area contributed by atoms with Gasteiger partial charge in [-0.2, -0.15) is 0 Å². The standard InChI is InChI=1S/C21H16N4O2S2/c1-11-7-9-13(10-8-11)17-16(19-22-14-5-3-4-6-15(14)29-19)18(26)20(27)25(17)21-24-23-12(2)28-21/h3-10,17,26H,1-2H3/t17-/m1/s1. The van der Waals surface area contributed by atoms with E-state index >= 15 is 0 Å². The second-order valence-corrected chi connectivity index (χ2v) is 9.03. The summed E-state index contributed by atoms with van der Waals surface area (Å²) in [5.74, 6) is -0.775. The Morgan fingerprint density at radius 1 is 1.00 bits per heavy atom. The summed E-state index contributed by atoms with van der Waals surface area (Å²) in [5, 5.41) is 20.9. The molecule has 1 N–H and O–H groups in total. The van der Waals surface area contributed by atoms with Gasteiger partial charge in [-0.3, -0.25) is 9.69 Å². The maximum Gasteiger partial charge on any atom is 0.296 e. The van der Waals surface area contributed by atoms with Crippen molar-refractivity contribution in [1.29, 1.82) is 0 Å². The molecule has 0 unspecified atom stereocenters. The summed E-state index contributed by atoms with van der Waals surface area (Å²) in [5.41, 5.74) is 3.35. The lowest BCUT2D eigenvalue weighted by molar-refractivity contribution is -0.117. The zero-order chi connectivity index (χ0) is 20.1. The maximum absolute atomic E-state index is 13.1. The van der Waals surface area contributed by atoms with Gasteiger partial charge in [0.1, 0.15) is 10.0 Å². The first-order valence-corrected chi connectivity index (χ1v) is 10.7. The van der Waals surface area contributed by atoms with E-state index in [4.69, 9.17) is 4.98 Å². The van der Waals surface area contributed by atoms with Crippen molar-refractivity contribution in [2.75, 3.05) is 4.90 Å². The molecule has 2 aromatic carbocycles. The molecule has 1 aliphatic rings. The Morgan fingerprint density at radius 3 is 2.45 bits per heavy atom. The predicted molar refractivity (Wildman–Crippen MR) is 115 cm³/mol. The molecule has 2 aromatic heterocycles. The fourth-order valence-corrected chi connectivity index (χ4v) is 5.21. The van der Waals surface area contributed by atoms with Crippen LogP contribution >= 0.6 is 22.7 Å². The van der Waals surface area contributed by atoms with E-state index in [1.165, 1.54) is 27.6 Å². The number of amides is 1. The number of aliphatic hydroxyl groups excluding tert-OH is 1. The van der Waals surface area contributed by atoms with Gasteiger partial charge in [-0.15, -0.1) is 21.5 Å². The van der Waals surface area contributed by atoms with Crippen molar-refractivity contribution in [2.45, 2.75) is 19.9 Å². The number of fused-ring (bicyclic) bond motifs is 1. The molecule has 0 radical (unpaired) electrons. The summed E-state index contributed by atoms with van der Waals surface area (Å²) >= 11 is 2.79. The van der Waals surface area contributed by atoms with E-state index < -0.39 is 11.9 Å². The van der Waals surface area contributed by atoms with Crippen molar-refractivity contribution in [3.05, 3.63) is 75.4 Å². The summed E-state index contributed by atoms with van der Waals surface area (Å²) in [6, 6.07) is 15.2. The highest BCUT2D eigenvalue weighted by molar-refractivity contribution is 7.19. The van der Waals surface area contributed by atoms with Gasteiger partial charge < -0.3 is 5.11 Å². The van der Waals surface area contributed by atoms with Gasteiger partial charge in [-0.25, -0.2) is 4.98 Å². The van der Waals surface area contributed by atoms with Gasteiger partial charge in [0.25, 0.3) is 5.91 Å². The van der Waals surface area contributed by atoms with Crippen LogP contribution in [0.4, 0.5) is 5.13 Å². The van der Waals surface area contributed by atoms with E-state index in [1.807, 2.05) is 62.4 Å². The van der Waals surface area contributed by atoms with Gasteiger partial charge in [0, 0.05) is 0 Å². The van der Waals surface area contributed by atoms with Crippen LogP contribution in [0.3, 0.4) is 0 Å². The smallest absolute Gasteiger partial charge is 0.296 e. The number of aliphatic hydroxyl groups is 1. The molecule has 0 bridgehead atoms. The number of nitrogens with zero attached hydrogens (tertiary/aromatic N) is 4. The zero-order valence-electron chi connectivity index (χ0n) is 15.7. The van der Waals surface area contributed by atoms with Crippen molar-refractivity contribution < 1.29 is 9.90 Å². The van der Waals surface area contributed by atoms with Crippen LogP contribution in [0.2, 0.25) is 0 Å². The lowest BCUT2D eigenvalue weighted by atomic mass is 9.99. The Balaban J connectivity index is 1.72. The Bertz CT molecular complexity index is 1240. The SMILES string of the molecule is Cc1ccc([C@@H]2C(c3nc4ccccc4s3)=C(O)C(=O)N2c2nnc(C)s2)cc1. The lowest BCUT2D eigenvalue weighted by Gasteiger charge is -2.24. The molecule has 0 spiro atoms. The third kappa shape index (κ3) is 2.92. The number of hydrogen-bond donors (Lipinski definition) is 1. The monoisotopic (exact) mass is 420 g/mol. The van der Waals surface area contributed by atoms with E-state index in [2.05, 4.69) is 10.2 Å². The number of rotatable bonds is 3. The molecular formula is C21H16N4O2S2. The second-order valence-electron chi connectivity index (χ2n) is 6.84. The molecule has 29 heavy (non-hydrogen) atoms. The van der Waals surface area contributed by atoms with E-state index in [-0.39, 0.29) is 5.76 Å². The number of carbonyl (C=O) groups excluding carboxylic acids is 1. The minimum Gasteiger partial charge on any atom is -0.503 e.